The van der Waals surface area contributed by atoms with Crippen molar-refractivity contribution in [2.24, 2.45) is 0 Å². The highest BCUT2D eigenvalue weighted by atomic mass is 35.5. The van der Waals surface area contributed by atoms with Gasteiger partial charge in [0.25, 0.3) is 5.91 Å². The standard InChI is InChI=1S/C19H20ClNO6/c1-25-13-7-4-11(5-8-13)17(22)16(19(24)27-3)21-18(23)14-10-12(20)6-9-15(14)26-2/h4-10,16-17,22H,1-3H3,(H,21,23). The molecule has 144 valence electrons. The van der Waals surface area contributed by atoms with Crippen LogP contribution in [0.1, 0.15) is 22.0 Å². The summed E-state index contributed by atoms with van der Waals surface area (Å²) in [6.07, 6.45) is -1.34. The zero-order chi connectivity index (χ0) is 20.0. The highest BCUT2D eigenvalue weighted by Crippen LogP contribution is 2.25. The van der Waals surface area contributed by atoms with Crippen LogP contribution < -0.4 is 14.8 Å². The number of carbonyl (C=O) groups is 2. The zero-order valence-corrected chi connectivity index (χ0v) is 15.8. The van der Waals surface area contributed by atoms with Gasteiger partial charge in [-0.05, 0) is 35.9 Å². The van der Waals surface area contributed by atoms with E-state index in [0.717, 1.165) is 0 Å². The maximum Gasteiger partial charge on any atom is 0.331 e. The summed E-state index contributed by atoms with van der Waals surface area (Å²) in [4.78, 5) is 24.8. The minimum atomic E-state index is -1.34. The predicted molar refractivity (Wildman–Crippen MR) is 99.2 cm³/mol. The molecule has 2 atom stereocenters. The number of amides is 1. The second-order valence-electron chi connectivity index (χ2n) is 5.54. The predicted octanol–water partition coefficient (Wildman–Crippen LogP) is 2.36. The number of benzene rings is 2. The van der Waals surface area contributed by atoms with Gasteiger partial charge in [0.1, 0.15) is 17.6 Å². The molecule has 7 nitrogen and oxygen atoms in total. The fraction of sp³-hybridized carbons (Fsp3) is 0.263. The Bertz CT molecular complexity index is 808. The highest BCUT2D eigenvalue weighted by Gasteiger charge is 2.31. The van der Waals surface area contributed by atoms with E-state index in [0.29, 0.717) is 16.3 Å². The van der Waals surface area contributed by atoms with Gasteiger partial charge in [-0.1, -0.05) is 23.7 Å². The molecule has 2 rings (SSSR count). The molecule has 0 radical (unpaired) electrons. The van der Waals surface area contributed by atoms with Crippen LogP contribution in [0.3, 0.4) is 0 Å². The molecule has 2 aromatic carbocycles. The van der Waals surface area contributed by atoms with Crippen molar-refractivity contribution in [3.05, 3.63) is 58.6 Å². The van der Waals surface area contributed by atoms with E-state index >= 15 is 0 Å². The van der Waals surface area contributed by atoms with Gasteiger partial charge in [-0.15, -0.1) is 0 Å². The molecule has 27 heavy (non-hydrogen) atoms. The van der Waals surface area contributed by atoms with Crippen molar-refractivity contribution in [1.29, 1.82) is 0 Å². The Morgan fingerprint density at radius 1 is 1.04 bits per heavy atom. The van der Waals surface area contributed by atoms with Crippen LogP contribution in [0, 0.1) is 0 Å². The van der Waals surface area contributed by atoms with Crippen LogP contribution in [0.4, 0.5) is 0 Å². The first-order valence-corrected chi connectivity index (χ1v) is 8.33. The van der Waals surface area contributed by atoms with E-state index in [1.807, 2.05) is 0 Å². The third kappa shape index (κ3) is 4.90. The Morgan fingerprint density at radius 2 is 1.70 bits per heavy atom. The molecule has 0 saturated carbocycles. The molecule has 8 heteroatoms. The van der Waals surface area contributed by atoms with Gasteiger partial charge >= 0.3 is 5.97 Å². The number of rotatable bonds is 7. The number of nitrogens with one attached hydrogen (secondary N) is 1. The minimum Gasteiger partial charge on any atom is -0.497 e. The second kappa shape index (κ2) is 9.25. The normalized spacial score (nSPS) is 12.6. The molecule has 0 bridgehead atoms. The third-order valence-corrected chi connectivity index (χ3v) is 4.16. The molecule has 2 aromatic rings. The Hall–Kier alpha value is -2.77. The van der Waals surface area contributed by atoms with Crippen molar-refractivity contribution < 1.29 is 28.9 Å². The summed E-state index contributed by atoms with van der Waals surface area (Å²) in [6.45, 7) is 0. The van der Waals surface area contributed by atoms with E-state index < -0.39 is 24.0 Å². The number of aliphatic hydroxyl groups excluding tert-OH is 1. The SMILES string of the molecule is COC(=O)C(NC(=O)c1cc(Cl)ccc1OC)C(O)c1ccc(OC)cc1. The average molecular weight is 394 g/mol. The lowest BCUT2D eigenvalue weighted by atomic mass is 10.0. The molecule has 0 heterocycles. The average Bonchev–Trinajstić information content (AvgIpc) is 2.70. The largest absolute Gasteiger partial charge is 0.497 e. The first-order chi connectivity index (χ1) is 12.9. The van der Waals surface area contributed by atoms with Crippen LogP contribution in [-0.2, 0) is 9.53 Å². The van der Waals surface area contributed by atoms with Gasteiger partial charge in [-0.25, -0.2) is 4.79 Å². The van der Waals surface area contributed by atoms with Crippen molar-refractivity contribution >= 4 is 23.5 Å². The third-order valence-electron chi connectivity index (χ3n) is 3.92. The van der Waals surface area contributed by atoms with Crippen LogP contribution in [-0.4, -0.2) is 44.4 Å². The van der Waals surface area contributed by atoms with E-state index in [-0.39, 0.29) is 11.3 Å². The summed E-state index contributed by atoms with van der Waals surface area (Å²) in [5, 5.41) is 13.4. The van der Waals surface area contributed by atoms with Gasteiger partial charge in [-0.3, -0.25) is 4.79 Å². The Balaban J connectivity index is 2.29. The summed E-state index contributed by atoms with van der Waals surface area (Å²) in [5.74, 6) is -0.572. The molecule has 0 aliphatic carbocycles. The minimum absolute atomic E-state index is 0.126. The molecular weight excluding hydrogens is 374 g/mol. The monoisotopic (exact) mass is 393 g/mol. The van der Waals surface area contributed by atoms with Crippen LogP contribution in [0.15, 0.2) is 42.5 Å². The van der Waals surface area contributed by atoms with Gasteiger partial charge in [0, 0.05) is 5.02 Å². The van der Waals surface area contributed by atoms with Crippen LogP contribution in [0.2, 0.25) is 5.02 Å². The number of methoxy groups -OCH3 is 3. The van der Waals surface area contributed by atoms with Crippen molar-refractivity contribution in [2.75, 3.05) is 21.3 Å². The lowest BCUT2D eigenvalue weighted by Crippen LogP contribution is -2.45. The van der Waals surface area contributed by atoms with E-state index in [1.54, 1.807) is 30.3 Å². The summed E-state index contributed by atoms with van der Waals surface area (Å²) >= 11 is 5.94. The molecule has 0 fully saturated rings. The first kappa shape index (κ1) is 20.5. The number of esters is 1. The number of hydrogen-bond acceptors (Lipinski definition) is 6. The number of aliphatic hydroxyl groups is 1. The molecule has 2 N–H and O–H groups in total. The van der Waals surface area contributed by atoms with Crippen LogP contribution in [0.25, 0.3) is 0 Å². The molecule has 0 saturated heterocycles. The van der Waals surface area contributed by atoms with Crippen molar-refractivity contribution in [3.8, 4) is 11.5 Å². The summed E-state index contributed by atoms with van der Waals surface area (Å²) in [6, 6.07) is 9.62. The molecule has 0 aliphatic rings. The van der Waals surface area contributed by atoms with Crippen LogP contribution in [0.5, 0.6) is 11.5 Å². The smallest absolute Gasteiger partial charge is 0.331 e. The lowest BCUT2D eigenvalue weighted by molar-refractivity contribution is -0.146. The second-order valence-corrected chi connectivity index (χ2v) is 5.97. The topological polar surface area (TPSA) is 94.1 Å². The molecule has 1 amide bonds. The Kier molecular flexibility index (Phi) is 7.04. The highest BCUT2D eigenvalue weighted by molar-refractivity contribution is 6.31. The number of hydrogen-bond donors (Lipinski definition) is 2. The fourth-order valence-electron chi connectivity index (χ4n) is 2.46. The number of carbonyl (C=O) groups excluding carboxylic acids is 2. The van der Waals surface area contributed by atoms with Gasteiger partial charge in [0.15, 0.2) is 6.04 Å². The van der Waals surface area contributed by atoms with Gasteiger partial charge in [-0.2, -0.15) is 0 Å². The molecule has 0 spiro atoms. The molecule has 2 unspecified atom stereocenters. The molecule has 0 aliphatic heterocycles. The zero-order valence-electron chi connectivity index (χ0n) is 15.1. The number of ether oxygens (including phenoxy) is 3. The first-order valence-electron chi connectivity index (χ1n) is 7.95. The van der Waals surface area contributed by atoms with E-state index in [1.165, 1.54) is 33.5 Å². The summed E-state index contributed by atoms with van der Waals surface area (Å²) < 4.78 is 14.9. The summed E-state index contributed by atoms with van der Waals surface area (Å²) in [5.41, 5.74) is 0.533. The van der Waals surface area contributed by atoms with E-state index in [9.17, 15) is 14.7 Å². The van der Waals surface area contributed by atoms with Crippen LogP contribution >= 0.6 is 11.6 Å². The van der Waals surface area contributed by atoms with Crippen molar-refractivity contribution in [2.45, 2.75) is 12.1 Å². The van der Waals surface area contributed by atoms with E-state index in [2.05, 4.69) is 5.32 Å². The lowest BCUT2D eigenvalue weighted by Gasteiger charge is -2.23. The maximum absolute atomic E-state index is 12.7. The van der Waals surface area contributed by atoms with Gasteiger partial charge in [0.2, 0.25) is 0 Å². The summed E-state index contributed by atoms with van der Waals surface area (Å²) in [7, 11) is 4.09. The maximum atomic E-state index is 12.7. The molecule has 0 aromatic heterocycles. The molecular formula is C19H20ClNO6. The number of halogens is 1. The Labute approximate surface area is 161 Å². The van der Waals surface area contributed by atoms with E-state index in [4.69, 9.17) is 25.8 Å². The van der Waals surface area contributed by atoms with Crippen molar-refractivity contribution in [3.63, 3.8) is 0 Å². The fourth-order valence-corrected chi connectivity index (χ4v) is 2.64. The van der Waals surface area contributed by atoms with Gasteiger partial charge < -0.3 is 24.6 Å². The Morgan fingerprint density at radius 3 is 2.26 bits per heavy atom. The quantitative estimate of drug-likeness (QED) is 0.701. The van der Waals surface area contributed by atoms with Crippen molar-refractivity contribution in [1.82, 2.24) is 5.32 Å². The van der Waals surface area contributed by atoms with Gasteiger partial charge in [0.05, 0.1) is 26.9 Å².